The molecule has 2 N–H and O–H groups in total. The molecular weight excluding hydrogens is 208 g/mol. The van der Waals surface area contributed by atoms with Crippen LogP contribution in [-0.4, -0.2) is 30.6 Å². The van der Waals surface area contributed by atoms with E-state index >= 15 is 0 Å². The second-order valence-corrected chi connectivity index (χ2v) is 7.00. The minimum atomic E-state index is 0.260. The van der Waals surface area contributed by atoms with Crippen molar-refractivity contribution in [2.24, 2.45) is 17.1 Å². The van der Waals surface area contributed by atoms with Crippen LogP contribution in [0.15, 0.2) is 0 Å². The van der Waals surface area contributed by atoms with Gasteiger partial charge in [-0.1, -0.05) is 33.1 Å². The van der Waals surface area contributed by atoms with Crippen LogP contribution < -0.4 is 5.73 Å². The van der Waals surface area contributed by atoms with Crippen molar-refractivity contribution in [3.8, 4) is 0 Å². The molecule has 2 aliphatic rings. The molecule has 2 fully saturated rings. The van der Waals surface area contributed by atoms with Gasteiger partial charge >= 0.3 is 0 Å². The van der Waals surface area contributed by atoms with Gasteiger partial charge in [0.1, 0.15) is 0 Å². The summed E-state index contributed by atoms with van der Waals surface area (Å²) in [6.45, 7) is 6.92. The zero-order chi connectivity index (χ0) is 12.5. The smallest absolute Gasteiger partial charge is 0.0379 e. The van der Waals surface area contributed by atoms with Gasteiger partial charge in [0.2, 0.25) is 0 Å². The quantitative estimate of drug-likeness (QED) is 0.816. The van der Waals surface area contributed by atoms with Gasteiger partial charge < -0.3 is 5.73 Å². The van der Waals surface area contributed by atoms with E-state index in [0.29, 0.717) is 5.41 Å². The lowest BCUT2D eigenvalue weighted by atomic mass is 9.73. The highest BCUT2D eigenvalue weighted by Crippen LogP contribution is 2.49. The summed E-state index contributed by atoms with van der Waals surface area (Å²) >= 11 is 0. The molecule has 2 saturated carbocycles. The van der Waals surface area contributed by atoms with Gasteiger partial charge in [-0.3, -0.25) is 4.90 Å². The van der Waals surface area contributed by atoms with Crippen LogP contribution in [0.4, 0.5) is 0 Å². The molecule has 0 saturated heterocycles. The van der Waals surface area contributed by atoms with Crippen LogP contribution in [0, 0.1) is 11.3 Å². The van der Waals surface area contributed by atoms with Gasteiger partial charge in [-0.2, -0.15) is 0 Å². The SMILES string of the molecule is CN(CC1CCCC1)C1(CN)CCCC1(C)C. The van der Waals surface area contributed by atoms with Crippen molar-refractivity contribution in [2.45, 2.75) is 64.3 Å². The molecule has 0 aromatic heterocycles. The van der Waals surface area contributed by atoms with Gasteiger partial charge in [-0.15, -0.1) is 0 Å². The van der Waals surface area contributed by atoms with E-state index in [9.17, 15) is 0 Å². The topological polar surface area (TPSA) is 29.3 Å². The zero-order valence-electron chi connectivity index (χ0n) is 12.0. The summed E-state index contributed by atoms with van der Waals surface area (Å²) in [7, 11) is 2.32. The third kappa shape index (κ3) is 2.26. The van der Waals surface area contributed by atoms with Crippen LogP contribution in [0.1, 0.15) is 58.8 Å². The van der Waals surface area contributed by atoms with Gasteiger partial charge in [0.15, 0.2) is 0 Å². The first kappa shape index (κ1) is 13.4. The van der Waals surface area contributed by atoms with E-state index in [2.05, 4.69) is 25.8 Å². The summed E-state index contributed by atoms with van der Waals surface area (Å²) in [5, 5.41) is 0. The maximum Gasteiger partial charge on any atom is 0.0379 e. The molecular formula is C15H30N2. The lowest BCUT2D eigenvalue weighted by molar-refractivity contribution is 0.0230. The summed E-state index contributed by atoms with van der Waals surface area (Å²) in [5.41, 5.74) is 6.82. The monoisotopic (exact) mass is 238 g/mol. The molecule has 0 bridgehead atoms. The number of rotatable bonds is 4. The third-order valence-corrected chi connectivity index (χ3v) is 5.73. The van der Waals surface area contributed by atoms with E-state index in [0.717, 1.165) is 12.5 Å². The number of hydrogen-bond donors (Lipinski definition) is 1. The maximum atomic E-state index is 6.18. The largest absolute Gasteiger partial charge is 0.329 e. The molecule has 1 unspecified atom stereocenters. The molecule has 2 aliphatic carbocycles. The fraction of sp³-hybridized carbons (Fsp3) is 1.00. The fourth-order valence-electron chi connectivity index (χ4n) is 4.39. The summed E-state index contributed by atoms with van der Waals surface area (Å²) in [6, 6.07) is 0. The van der Waals surface area contributed by atoms with Crippen molar-refractivity contribution in [3.05, 3.63) is 0 Å². The maximum absolute atomic E-state index is 6.18. The summed E-state index contributed by atoms with van der Waals surface area (Å²) in [6.07, 6.45) is 9.73. The Morgan fingerprint density at radius 1 is 1.12 bits per heavy atom. The average Bonchev–Trinajstić information content (AvgIpc) is 2.85. The number of nitrogens with two attached hydrogens (primary N) is 1. The predicted octanol–water partition coefficient (Wildman–Crippen LogP) is 3.02. The molecule has 0 radical (unpaired) electrons. The Morgan fingerprint density at radius 3 is 2.24 bits per heavy atom. The lowest BCUT2D eigenvalue weighted by Gasteiger charge is -2.48. The van der Waals surface area contributed by atoms with Crippen molar-refractivity contribution >= 4 is 0 Å². The third-order valence-electron chi connectivity index (χ3n) is 5.73. The van der Waals surface area contributed by atoms with Crippen molar-refractivity contribution < 1.29 is 0 Å². The van der Waals surface area contributed by atoms with Crippen molar-refractivity contribution in [2.75, 3.05) is 20.1 Å². The predicted molar refractivity (Wildman–Crippen MR) is 74.0 cm³/mol. The highest BCUT2D eigenvalue weighted by atomic mass is 15.2. The van der Waals surface area contributed by atoms with Crippen LogP contribution in [0.3, 0.4) is 0 Å². The van der Waals surface area contributed by atoms with Crippen molar-refractivity contribution in [1.82, 2.24) is 4.90 Å². The fourth-order valence-corrected chi connectivity index (χ4v) is 4.39. The van der Waals surface area contributed by atoms with E-state index < -0.39 is 0 Å². The standard InChI is InChI=1S/C15H30N2/c1-14(2)9-6-10-15(14,12-16)17(3)11-13-7-4-5-8-13/h13H,4-12,16H2,1-3H3. The van der Waals surface area contributed by atoms with Crippen molar-refractivity contribution in [1.29, 1.82) is 0 Å². The molecule has 0 heterocycles. The lowest BCUT2D eigenvalue weighted by Crippen LogP contribution is -2.59. The normalized spacial score (nSPS) is 33.7. The van der Waals surface area contributed by atoms with E-state index in [-0.39, 0.29) is 5.54 Å². The molecule has 0 aromatic rings. The molecule has 100 valence electrons. The number of hydrogen-bond acceptors (Lipinski definition) is 2. The van der Waals surface area contributed by atoms with Gasteiger partial charge in [0, 0.05) is 18.6 Å². The Labute approximate surface area is 107 Å². The molecule has 0 spiro atoms. The Kier molecular flexibility index (Phi) is 3.84. The Hall–Kier alpha value is -0.0800. The second kappa shape index (κ2) is 4.89. The number of likely N-dealkylation sites (N-methyl/N-ethyl adjacent to an activating group) is 1. The van der Waals surface area contributed by atoms with Crippen LogP contribution in [0.5, 0.6) is 0 Å². The van der Waals surface area contributed by atoms with Gasteiger partial charge in [0.05, 0.1) is 0 Å². The molecule has 2 heteroatoms. The summed E-state index contributed by atoms with van der Waals surface area (Å²) in [4.78, 5) is 2.62. The molecule has 17 heavy (non-hydrogen) atoms. The molecule has 2 rings (SSSR count). The molecule has 0 aromatic carbocycles. The summed E-state index contributed by atoms with van der Waals surface area (Å²) < 4.78 is 0. The van der Waals surface area contributed by atoms with Crippen molar-refractivity contribution in [3.63, 3.8) is 0 Å². The first-order valence-corrected chi connectivity index (χ1v) is 7.43. The van der Waals surface area contributed by atoms with Crippen LogP contribution in [0.2, 0.25) is 0 Å². The highest BCUT2D eigenvalue weighted by Gasteiger charge is 2.50. The van der Waals surface area contributed by atoms with Crippen LogP contribution >= 0.6 is 0 Å². The average molecular weight is 238 g/mol. The van der Waals surface area contributed by atoms with E-state index in [4.69, 9.17) is 5.73 Å². The first-order valence-electron chi connectivity index (χ1n) is 7.43. The van der Waals surface area contributed by atoms with Crippen LogP contribution in [-0.2, 0) is 0 Å². The Bertz CT molecular complexity index is 256. The molecule has 0 amide bonds. The molecule has 2 nitrogen and oxygen atoms in total. The Morgan fingerprint density at radius 2 is 1.76 bits per heavy atom. The minimum Gasteiger partial charge on any atom is -0.329 e. The van der Waals surface area contributed by atoms with Gasteiger partial charge in [0.25, 0.3) is 0 Å². The molecule has 1 atom stereocenters. The zero-order valence-corrected chi connectivity index (χ0v) is 12.0. The van der Waals surface area contributed by atoms with Crippen LogP contribution in [0.25, 0.3) is 0 Å². The first-order chi connectivity index (χ1) is 8.02. The van der Waals surface area contributed by atoms with Gasteiger partial charge in [-0.05, 0) is 44.1 Å². The highest BCUT2D eigenvalue weighted by molar-refractivity contribution is 5.06. The number of nitrogens with zero attached hydrogens (tertiary/aromatic N) is 1. The van der Waals surface area contributed by atoms with E-state index in [1.165, 1.54) is 51.5 Å². The summed E-state index contributed by atoms with van der Waals surface area (Å²) in [5.74, 6) is 0.930. The second-order valence-electron chi connectivity index (χ2n) is 7.00. The van der Waals surface area contributed by atoms with Gasteiger partial charge in [-0.25, -0.2) is 0 Å². The Balaban J connectivity index is 2.06. The molecule has 0 aliphatic heterocycles. The van der Waals surface area contributed by atoms with E-state index in [1.54, 1.807) is 0 Å². The minimum absolute atomic E-state index is 0.260. The van der Waals surface area contributed by atoms with E-state index in [1.807, 2.05) is 0 Å².